The number of likely N-dealkylation sites (N-methyl/N-ethyl adjacent to an activating group) is 1. The summed E-state index contributed by atoms with van der Waals surface area (Å²) in [6, 6.07) is 10.4. The van der Waals surface area contributed by atoms with E-state index in [1.54, 1.807) is 0 Å². The molecule has 1 saturated heterocycles. The van der Waals surface area contributed by atoms with Gasteiger partial charge in [-0.2, -0.15) is 10.2 Å². The van der Waals surface area contributed by atoms with E-state index >= 15 is 0 Å². The molecule has 3 rings (SSSR count). The lowest BCUT2D eigenvalue weighted by atomic mass is 10.1. The number of rotatable bonds is 5. The van der Waals surface area contributed by atoms with Gasteiger partial charge in [0, 0.05) is 44.3 Å². The fourth-order valence-electron chi connectivity index (χ4n) is 3.08. The molecule has 0 unspecified atom stereocenters. The van der Waals surface area contributed by atoms with Crippen LogP contribution in [0.3, 0.4) is 0 Å². The number of aromatic nitrogens is 1. The quantitative estimate of drug-likeness (QED) is 0.903. The van der Waals surface area contributed by atoms with E-state index in [-0.39, 0.29) is 0 Å². The van der Waals surface area contributed by atoms with Crippen LogP contribution in [0, 0.1) is 18.3 Å². The Kier molecular flexibility index (Phi) is 5.37. The summed E-state index contributed by atoms with van der Waals surface area (Å²) in [6.07, 6.45) is 0. The molecule has 2 heterocycles. The summed E-state index contributed by atoms with van der Waals surface area (Å²) in [5.41, 5.74) is 2.30. The zero-order chi connectivity index (χ0) is 17.8. The molecule has 1 aliphatic rings. The summed E-state index contributed by atoms with van der Waals surface area (Å²) < 4.78 is 5.86. The van der Waals surface area contributed by atoms with Crippen LogP contribution in [0.15, 0.2) is 28.7 Å². The van der Waals surface area contributed by atoms with Gasteiger partial charge in [0.1, 0.15) is 6.07 Å². The molecule has 1 atom stereocenters. The first-order valence-corrected chi connectivity index (χ1v) is 8.72. The van der Waals surface area contributed by atoms with Crippen molar-refractivity contribution >= 4 is 5.88 Å². The van der Waals surface area contributed by atoms with E-state index in [4.69, 9.17) is 4.42 Å². The van der Waals surface area contributed by atoms with Crippen LogP contribution in [0.1, 0.15) is 18.2 Å². The number of aryl methyl sites for hydroxylation is 1. The molecule has 0 spiro atoms. The van der Waals surface area contributed by atoms with E-state index in [2.05, 4.69) is 40.1 Å². The van der Waals surface area contributed by atoms with Gasteiger partial charge < -0.3 is 14.6 Å². The molecule has 132 valence electrons. The second-order valence-electron chi connectivity index (χ2n) is 6.69. The Morgan fingerprint density at radius 2 is 2.00 bits per heavy atom. The third-order valence-electron chi connectivity index (χ3n) is 4.83. The standard InChI is InChI=1S/C19H25N5O/c1-14-6-4-5-7-16(14)18-22-17(12-20)19(25-18)21-13-15(2)24-10-8-23(3)9-11-24/h4-7,15,21H,8-11,13H2,1-3H3/t15-/m1/s1. The summed E-state index contributed by atoms with van der Waals surface area (Å²) >= 11 is 0. The van der Waals surface area contributed by atoms with Crippen LogP contribution in [-0.4, -0.2) is 60.6 Å². The number of nitriles is 1. The lowest BCUT2D eigenvalue weighted by molar-refractivity contribution is 0.123. The van der Waals surface area contributed by atoms with E-state index < -0.39 is 0 Å². The summed E-state index contributed by atoms with van der Waals surface area (Å²) in [5, 5.41) is 12.6. The number of benzene rings is 1. The summed E-state index contributed by atoms with van der Waals surface area (Å²) in [7, 11) is 2.15. The van der Waals surface area contributed by atoms with Crippen molar-refractivity contribution in [2.75, 3.05) is 45.1 Å². The van der Waals surface area contributed by atoms with Gasteiger partial charge in [0.05, 0.1) is 0 Å². The highest BCUT2D eigenvalue weighted by molar-refractivity contribution is 5.62. The first kappa shape index (κ1) is 17.5. The average molecular weight is 339 g/mol. The summed E-state index contributed by atoms with van der Waals surface area (Å²) in [6.45, 7) is 9.24. The maximum Gasteiger partial charge on any atom is 0.232 e. The van der Waals surface area contributed by atoms with Gasteiger partial charge in [0.15, 0.2) is 0 Å². The molecule has 1 aliphatic heterocycles. The molecule has 1 fully saturated rings. The molecule has 1 N–H and O–H groups in total. The van der Waals surface area contributed by atoms with Crippen molar-refractivity contribution in [2.45, 2.75) is 19.9 Å². The maximum absolute atomic E-state index is 9.36. The molecule has 0 aliphatic carbocycles. The minimum Gasteiger partial charge on any atom is -0.419 e. The van der Waals surface area contributed by atoms with Crippen molar-refractivity contribution in [1.29, 1.82) is 5.26 Å². The second kappa shape index (κ2) is 7.68. The zero-order valence-corrected chi connectivity index (χ0v) is 15.1. The first-order valence-electron chi connectivity index (χ1n) is 8.72. The van der Waals surface area contributed by atoms with Crippen LogP contribution < -0.4 is 5.32 Å². The van der Waals surface area contributed by atoms with Crippen molar-refractivity contribution in [3.63, 3.8) is 0 Å². The Balaban J connectivity index is 1.68. The molecule has 1 aromatic carbocycles. The van der Waals surface area contributed by atoms with Crippen molar-refractivity contribution in [3.05, 3.63) is 35.5 Å². The molecule has 0 bridgehead atoms. The van der Waals surface area contributed by atoms with Gasteiger partial charge in [0.25, 0.3) is 0 Å². The minimum atomic E-state index is 0.309. The van der Waals surface area contributed by atoms with Gasteiger partial charge in [-0.1, -0.05) is 18.2 Å². The molecule has 6 heteroatoms. The molecule has 0 amide bonds. The molecular weight excluding hydrogens is 314 g/mol. The number of nitrogens with zero attached hydrogens (tertiary/aromatic N) is 4. The van der Waals surface area contributed by atoms with E-state index in [1.165, 1.54) is 0 Å². The van der Waals surface area contributed by atoms with Gasteiger partial charge in [-0.15, -0.1) is 0 Å². The molecular formula is C19H25N5O. The fraction of sp³-hybridized carbons (Fsp3) is 0.474. The maximum atomic E-state index is 9.36. The van der Waals surface area contributed by atoms with E-state index in [1.807, 2.05) is 31.2 Å². The van der Waals surface area contributed by atoms with Crippen LogP contribution in [-0.2, 0) is 0 Å². The Labute approximate surface area is 149 Å². The van der Waals surface area contributed by atoms with Crippen molar-refractivity contribution in [2.24, 2.45) is 0 Å². The Morgan fingerprint density at radius 1 is 1.28 bits per heavy atom. The van der Waals surface area contributed by atoms with Gasteiger partial charge in [-0.25, -0.2) is 0 Å². The smallest absolute Gasteiger partial charge is 0.232 e. The van der Waals surface area contributed by atoms with Gasteiger partial charge >= 0.3 is 0 Å². The molecule has 25 heavy (non-hydrogen) atoms. The number of nitrogens with one attached hydrogen (secondary N) is 1. The van der Waals surface area contributed by atoms with E-state index in [0.717, 1.165) is 43.9 Å². The highest BCUT2D eigenvalue weighted by Crippen LogP contribution is 2.27. The van der Waals surface area contributed by atoms with Gasteiger partial charge in [-0.05, 0) is 32.5 Å². The predicted molar refractivity (Wildman–Crippen MR) is 98.4 cm³/mol. The zero-order valence-electron chi connectivity index (χ0n) is 15.1. The normalized spacial score (nSPS) is 17.2. The second-order valence-corrected chi connectivity index (χ2v) is 6.69. The highest BCUT2D eigenvalue weighted by Gasteiger charge is 2.21. The number of hydrogen-bond donors (Lipinski definition) is 1. The fourth-order valence-corrected chi connectivity index (χ4v) is 3.08. The largest absolute Gasteiger partial charge is 0.419 e. The van der Waals surface area contributed by atoms with Crippen molar-refractivity contribution in [1.82, 2.24) is 14.8 Å². The minimum absolute atomic E-state index is 0.309. The van der Waals surface area contributed by atoms with Crippen molar-refractivity contribution < 1.29 is 4.42 Å². The Hall–Kier alpha value is -2.36. The topological polar surface area (TPSA) is 68.3 Å². The molecule has 2 aromatic rings. The van der Waals surface area contributed by atoms with Crippen LogP contribution in [0.25, 0.3) is 11.5 Å². The Morgan fingerprint density at radius 3 is 2.68 bits per heavy atom. The highest BCUT2D eigenvalue weighted by atomic mass is 16.4. The van der Waals surface area contributed by atoms with Gasteiger partial charge in [0.2, 0.25) is 17.5 Å². The number of hydrogen-bond acceptors (Lipinski definition) is 6. The lowest BCUT2D eigenvalue weighted by Crippen LogP contribution is -2.49. The predicted octanol–water partition coefficient (Wildman–Crippen LogP) is 2.57. The van der Waals surface area contributed by atoms with Crippen LogP contribution in [0.2, 0.25) is 0 Å². The molecule has 0 saturated carbocycles. The Bertz CT molecular complexity index is 755. The summed E-state index contributed by atoms with van der Waals surface area (Å²) in [5.74, 6) is 0.950. The third-order valence-corrected chi connectivity index (χ3v) is 4.83. The van der Waals surface area contributed by atoms with E-state index in [0.29, 0.717) is 23.5 Å². The van der Waals surface area contributed by atoms with Gasteiger partial charge in [-0.3, -0.25) is 4.90 Å². The molecule has 6 nitrogen and oxygen atoms in total. The van der Waals surface area contributed by atoms with Crippen LogP contribution >= 0.6 is 0 Å². The lowest BCUT2D eigenvalue weighted by Gasteiger charge is -2.36. The van der Waals surface area contributed by atoms with E-state index in [9.17, 15) is 5.26 Å². The van der Waals surface area contributed by atoms with Crippen LogP contribution in [0.4, 0.5) is 5.88 Å². The average Bonchev–Trinajstić information content (AvgIpc) is 3.03. The monoisotopic (exact) mass is 339 g/mol. The SMILES string of the molecule is Cc1ccccc1-c1nc(C#N)c(NC[C@@H](C)N2CCN(C)CC2)o1. The number of oxazole rings is 1. The molecule has 0 radical (unpaired) electrons. The number of anilines is 1. The first-order chi connectivity index (χ1) is 12.1. The van der Waals surface area contributed by atoms with Crippen LogP contribution in [0.5, 0.6) is 0 Å². The summed E-state index contributed by atoms with van der Waals surface area (Å²) in [4.78, 5) is 9.15. The number of piperazine rings is 1. The van der Waals surface area contributed by atoms with Crippen molar-refractivity contribution in [3.8, 4) is 17.5 Å². The third kappa shape index (κ3) is 4.01. The molecule has 1 aromatic heterocycles.